The molecule has 0 fully saturated rings. The lowest BCUT2D eigenvalue weighted by atomic mass is 9.96. The van der Waals surface area contributed by atoms with E-state index in [4.69, 9.17) is 9.26 Å². The molecule has 0 radical (unpaired) electrons. The number of esters is 1. The minimum atomic E-state index is -0.385. The smallest absolute Gasteiger partial charge is 0.305 e. The fourth-order valence-electron chi connectivity index (χ4n) is 4.61. The van der Waals surface area contributed by atoms with Crippen molar-refractivity contribution in [3.63, 3.8) is 0 Å². The van der Waals surface area contributed by atoms with Gasteiger partial charge in [0.2, 0.25) is 0 Å². The van der Waals surface area contributed by atoms with E-state index in [1.54, 1.807) is 19.2 Å². The molecule has 1 heterocycles. The summed E-state index contributed by atoms with van der Waals surface area (Å²) >= 11 is 0. The molecule has 0 spiro atoms. The van der Waals surface area contributed by atoms with Crippen LogP contribution in [0.3, 0.4) is 0 Å². The number of nitrogens with zero attached hydrogens (tertiary/aromatic N) is 1. The van der Waals surface area contributed by atoms with Gasteiger partial charge in [-0.2, -0.15) is 0 Å². The van der Waals surface area contributed by atoms with Crippen LogP contribution in [0.25, 0.3) is 22.5 Å². The molecule has 1 unspecified atom stereocenters. The molecule has 38 heavy (non-hydrogen) atoms. The van der Waals surface area contributed by atoms with Gasteiger partial charge in [-0.25, -0.2) is 0 Å². The lowest BCUT2D eigenvalue weighted by Crippen LogP contribution is -2.05. The average Bonchev–Trinajstić information content (AvgIpc) is 3.35. The number of Topliss-reactive ketones (excluding diaryl/α,β-unsaturated/α-hetero) is 1. The van der Waals surface area contributed by atoms with Gasteiger partial charge in [0.25, 0.3) is 0 Å². The van der Waals surface area contributed by atoms with Crippen molar-refractivity contribution < 1.29 is 23.6 Å². The zero-order valence-corrected chi connectivity index (χ0v) is 22.1. The van der Waals surface area contributed by atoms with Crippen LogP contribution >= 0.6 is 0 Å². The lowest BCUT2D eigenvalue weighted by molar-refractivity contribution is -0.140. The number of rotatable bonds is 12. The van der Waals surface area contributed by atoms with E-state index in [-0.39, 0.29) is 30.7 Å². The zero-order valence-electron chi connectivity index (χ0n) is 22.1. The topological polar surface area (TPSA) is 78.6 Å². The first kappa shape index (κ1) is 27.0. The van der Waals surface area contributed by atoms with Gasteiger partial charge in [-0.15, -0.1) is 0 Å². The van der Waals surface area contributed by atoms with Crippen molar-refractivity contribution in [3.05, 3.63) is 101 Å². The Morgan fingerprint density at radius 1 is 0.842 bits per heavy atom. The maximum Gasteiger partial charge on any atom is 0.305 e. The van der Waals surface area contributed by atoms with Gasteiger partial charge >= 0.3 is 5.97 Å². The number of carbonyl (C=O) groups is 2. The molecular formula is C32H33NO5. The first-order valence-electron chi connectivity index (χ1n) is 12.8. The van der Waals surface area contributed by atoms with E-state index in [2.05, 4.69) is 34.2 Å². The molecule has 1 atom stereocenters. The summed E-state index contributed by atoms with van der Waals surface area (Å²) in [5.74, 6) is 0.262. The number of hydrogen-bond acceptors (Lipinski definition) is 6. The first-order valence-corrected chi connectivity index (χ1v) is 12.8. The molecule has 4 aromatic rings. The van der Waals surface area contributed by atoms with Crippen LogP contribution in [0.15, 0.2) is 83.4 Å². The van der Waals surface area contributed by atoms with Gasteiger partial charge in [-0.3, -0.25) is 9.59 Å². The van der Waals surface area contributed by atoms with Crippen molar-refractivity contribution >= 4 is 11.8 Å². The van der Waals surface area contributed by atoms with E-state index in [9.17, 15) is 9.59 Å². The second-order valence-electron chi connectivity index (χ2n) is 9.27. The number of carbonyl (C=O) groups excluding carboxylic acids is 2. The Balaban J connectivity index is 1.45. The van der Waals surface area contributed by atoms with Gasteiger partial charge in [0, 0.05) is 24.7 Å². The summed E-state index contributed by atoms with van der Waals surface area (Å²) in [6.07, 6.45) is 2.96. The lowest BCUT2D eigenvalue weighted by Gasteiger charge is -2.16. The highest BCUT2D eigenvalue weighted by Gasteiger charge is 2.23. The minimum absolute atomic E-state index is 0.0815. The maximum atomic E-state index is 12.3. The van der Waals surface area contributed by atoms with Gasteiger partial charge in [0.1, 0.15) is 0 Å². The molecule has 0 aliphatic heterocycles. The minimum Gasteiger partial charge on any atom is -0.469 e. The van der Waals surface area contributed by atoms with Crippen molar-refractivity contribution in [2.45, 2.75) is 45.1 Å². The summed E-state index contributed by atoms with van der Waals surface area (Å²) in [7, 11) is 3.05. The van der Waals surface area contributed by atoms with Crippen LogP contribution in [0.1, 0.15) is 59.0 Å². The molecular weight excluding hydrogens is 478 g/mol. The van der Waals surface area contributed by atoms with Crippen LogP contribution in [0.4, 0.5) is 0 Å². The summed E-state index contributed by atoms with van der Waals surface area (Å²) in [5, 5.41) is 4.25. The molecule has 3 aromatic carbocycles. The van der Waals surface area contributed by atoms with E-state index in [1.165, 1.54) is 12.7 Å². The molecule has 6 heteroatoms. The number of ether oxygens (including phenoxy) is 2. The van der Waals surface area contributed by atoms with Crippen LogP contribution in [-0.2, 0) is 20.7 Å². The van der Waals surface area contributed by atoms with Gasteiger partial charge in [-0.05, 0) is 42.9 Å². The number of aryl methyl sites for hydroxylation is 2. The van der Waals surface area contributed by atoms with E-state index in [0.717, 1.165) is 53.0 Å². The fourth-order valence-corrected chi connectivity index (χ4v) is 4.61. The molecule has 6 nitrogen and oxygen atoms in total. The number of ketones is 1. The summed E-state index contributed by atoms with van der Waals surface area (Å²) in [5.41, 5.74) is 6.67. The van der Waals surface area contributed by atoms with Crippen molar-refractivity contribution in [2.24, 2.45) is 0 Å². The van der Waals surface area contributed by atoms with Crippen LogP contribution in [0.2, 0.25) is 0 Å². The molecule has 4 rings (SSSR count). The van der Waals surface area contributed by atoms with Crippen molar-refractivity contribution in [2.75, 3.05) is 14.2 Å². The monoisotopic (exact) mass is 511 g/mol. The van der Waals surface area contributed by atoms with E-state index < -0.39 is 0 Å². The van der Waals surface area contributed by atoms with Crippen molar-refractivity contribution in [1.29, 1.82) is 0 Å². The van der Waals surface area contributed by atoms with Crippen LogP contribution in [0.5, 0.6) is 0 Å². The highest BCUT2D eigenvalue weighted by molar-refractivity contribution is 5.97. The summed E-state index contributed by atoms with van der Waals surface area (Å²) < 4.78 is 16.3. The predicted molar refractivity (Wildman–Crippen MR) is 147 cm³/mol. The standard InChI is InChI=1S/C32H33NO5/c1-22-31(29(36-2)11-7-10-23-8-5-4-6-9-23)32(38-33-22)27-18-14-25(15-19-27)24-12-16-26(17-13-24)28(34)20-21-30(35)37-3/h4-6,8-9,12-19,29H,7,10-11,20-21H2,1-3H3. The van der Waals surface area contributed by atoms with Crippen LogP contribution in [0, 0.1) is 6.92 Å². The van der Waals surface area contributed by atoms with Crippen LogP contribution < -0.4 is 0 Å². The van der Waals surface area contributed by atoms with Gasteiger partial charge in [-0.1, -0.05) is 84.0 Å². The second-order valence-corrected chi connectivity index (χ2v) is 9.27. The second kappa shape index (κ2) is 13.0. The predicted octanol–water partition coefficient (Wildman–Crippen LogP) is 7.16. The molecule has 196 valence electrons. The third kappa shape index (κ3) is 6.64. The Morgan fingerprint density at radius 2 is 1.47 bits per heavy atom. The Morgan fingerprint density at radius 3 is 2.11 bits per heavy atom. The number of aromatic nitrogens is 1. The molecule has 0 amide bonds. The normalized spacial score (nSPS) is 11.8. The largest absolute Gasteiger partial charge is 0.469 e. The molecule has 0 bridgehead atoms. The average molecular weight is 512 g/mol. The van der Waals surface area contributed by atoms with E-state index in [0.29, 0.717) is 5.56 Å². The number of hydrogen-bond donors (Lipinski definition) is 0. The Kier molecular flexibility index (Phi) is 9.22. The SMILES string of the molecule is COC(=O)CCC(=O)c1ccc(-c2ccc(-c3onc(C)c3C(CCCc3ccccc3)OC)cc2)cc1. The third-order valence-corrected chi connectivity index (χ3v) is 6.76. The Bertz CT molecular complexity index is 1340. The highest BCUT2D eigenvalue weighted by Crippen LogP contribution is 2.36. The molecule has 0 aliphatic rings. The number of methoxy groups -OCH3 is 2. The summed E-state index contributed by atoms with van der Waals surface area (Å²) in [6, 6.07) is 26.0. The van der Waals surface area contributed by atoms with E-state index in [1.807, 2.05) is 49.4 Å². The Labute approximate surface area is 223 Å². The van der Waals surface area contributed by atoms with Crippen molar-refractivity contribution in [1.82, 2.24) is 5.16 Å². The van der Waals surface area contributed by atoms with Gasteiger partial charge < -0.3 is 14.0 Å². The number of benzene rings is 3. The summed E-state index contributed by atoms with van der Waals surface area (Å²) in [6.45, 7) is 1.95. The van der Waals surface area contributed by atoms with E-state index >= 15 is 0 Å². The summed E-state index contributed by atoms with van der Waals surface area (Å²) in [4.78, 5) is 23.6. The highest BCUT2D eigenvalue weighted by atomic mass is 16.5. The fraction of sp³-hybridized carbons (Fsp3) is 0.281. The third-order valence-electron chi connectivity index (χ3n) is 6.76. The molecule has 0 saturated heterocycles. The quantitative estimate of drug-likeness (QED) is 0.148. The van der Waals surface area contributed by atoms with Gasteiger partial charge in [0.15, 0.2) is 11.5 Å². The first-order chi connectivity index (χ1) is 18.5. The maximum absolute atomic E-state index is 12.3. The zero-order chi connectivity index (χ0) is 26.9. The Hall–Kier alpha value is -4.03. The molecule has 1 aromatic heterocycles. The van der Waals surface area contributed by atoms with Crippen LogP contribution in [-0.4, -0.2) is 31.1 Å². The van der Waals surface area contributed by atoms with Crippen molar-refractivity contribution in [3.8, 4) is 22.5 Å². The molecule has 0 N–H and O–H groups in total. The molecule has 0 aliphatic carbocycles. The molecule has 0 saturated carbocycles. The van der Waals surface area contributed by atoms with Gasteiger partial charge in [0.05, 0.1) is 30.9 Å².